The van der Waals surface area contributed by atoms with E-state index in [0.29, 0.717) is 0 Å². The maximum absolute atomic E-state index is 6.70. The third-order valence-corrected chi connectivity index (χ3v) is 10.7. The third kappa shape index (κ3) is 4.38. The number of nitrogens with zero attached hydrogens (tertiary/aromatic N) is 1. The van der Waals surface area contributed by atoms with Crippen LogP contribution in [0.4, 0.5) is 0 Å². The SMILES string of the molecule is C1=CC2Oc3c(ccc4c3oc3ccc(-c5ccccc5)cc34)C2C=C1n1c2ccc(-c3ccccc3)cc2c2cc(-c3ccccc3)ccc21. The highest BCUT2D eigenvalue weighted by Gasteiger charge is 2.36. The zero-order valence-electron chi connectivity index (χ0n) is 27.7. The van der Waals surface area contributed by atoms with Crippen LogP contribution in [0.5, 0.6) is 5.75 Å². The van der Waals surface area contributed by atoms with Gasteiger partial charge in [-0.2, -0.15) is 0 Å². The molecule has 0 saturated heterocycles. The van der Waals surface area contributed by atoms with Gasteiger partial charge in [0, 0.05) is 38.7 Å². The van der Waals surface area contributed by atoms with Crippen molar-refractivity contribution in [1.82, 2.24) is 4.57 Å². The summed E-state index contributed by atoms with van der Waals surface area (Å²) in [6.45, 7) is 0. The topological polar surface area (TPSA) is 27.3 Å². The van der Waals surface area contributed by atoms with Crippen LogP contribution >= 0.6 is 0 Å². The molecular formula is C48H31NO2. The van der Waals surface area contributed by atoms with E-state index >= 15 is 0 Å². The average molecular weight is 654 g/mol. The molecule has 0 N–H and O–H groups in total. The molecule has 0 spiro atoms. The largest absolute Gasteiger partial charge is 0.481 e. The van der Waals surface area contributed by atoms with Crippen LogP contribution in [0.2, 0.25) is 0 Å². The zero-order valence-corrected chi connectivity index (χ0v) is 27.7. The Morgan fingerprint density at radius 2 is 1.02 bits per heavy atom. The van der Waals surface area contributed by atoms with Crippen molar-refractivity contribution < 1.29 is 9.15 Å². The summed E-state index contributed by atoms with van der Waals surface area (Å²) in [7, 11) is 0. The van der Waals surface area contributed by atoms with E-state index < -0.39 is 0 Å². The molecule has 1 aliphatic carbocycles. The standard InChI is InChI=1S/C48H31NO2/c1-4-10-30(11-5-1)33-16-22-43-39(26-33)40-27-34(31-12-6-2-7-13-31)17-23-44(40)49(43)36-19-25-46-42(29-36)38-21-20-37-41-28-35(32-14-8-3-9-15-32)18-24-45(41)50-47(37)48(38)51-46/h1-29,42,46H. The van der Waals surface area contributed by atoms with E-state index in [0.717, 1.165) is 38.9 Å². The second kappa shape index (κ2) is 11.0. The average Bonchev–Trinajstić information content (AvgIpc) is 3.87. The number of hydrogen-bond donors (Lipinski definition) is 0. The van der Waals surface area contributed by atoms with Gasteiger partial charge in [0.15, 0.2) is 11.3 Å². The summed E-state index contributed by atoms with van der Waals surface area (Å²) >= 11 is 0. The molecule has 0 saturated carbocycles. The molecule has 0 fully saturated rings. The molecule has 3 nitrogen and oxygen atoms in total. The summed E-state index contributed by atoms with van der Waals surface area (Å²) in [6.07, 6.45) is 6.73. The molecule has 3 heterocycles. The van der Waals surface area contributed by atoms with Gasteiger partial charge in [0.2, 0.25) is 0 Å². The summed E-state index contributed by atoms with van der Waals surface area (Å²) in [5.74, 6) is 0.918. The van der Waals surface area contributed by atoms with Crippen molar-refractivity contribution in [1.29, 1.82) is 0 Å². The van der Waals surface area contributed by atoms with Crippen LogP contribution < -0.4 is 4.74 Å². The van der Waals surface area contributed by atoms with Crippen LogP contribution in [0.25, 0.3) is 82.8 Å². The predicted molar refractivity (Wildman–Crippen MR) is 210 cm³/mol. The first-order valence-corrected chi connectivity index (χ1v) is 17.6. The highest BCUT2D eigenvalue weighted by atomic mass is 16.5. The Bertz CT molecular complexity index is 2780. The van der Waals surface area contributed by atoms with Crippen molar-refractivity contribution in [2.45, 2.75) is 12.0 Å². The lowest BCUT2D eigenvalue weighted by atomic mass is 9.90. The molecule has 2 unspecified atom stereocenters. The molecular weight excluding hydrogens is 623 g/mol. The first kappa shape index (κ1) is 28.3. The minimum Gasteiger partial charge on any atom is -0.481 e. The Balaban J connectivity index is 1.06. The number of allylic oxidation sites excluding steroid dienone is 2. The molecule has 0 bridgehead atoms. The van der Waals surface area contributed by atoms with Gasteiger partial charge in [-0.3, -0.25) is 0 Å². The number of benzene rings is 7. The van der Waals surface area contributed by atoms with Gasteiger partial charge < -0.3 is 13.7 Å². The van der Waals surface area contributed by atoms with E-state index in [1.165, 1.54) is 55.2 Å². The summed E-state index contributed by atoms with van der Waals surface area (Å²) in [5.41, 5.74) is 13.6. The van der Waals surface area contributed by atoms with Crippen molar-refractivity contribution in [3.05, 3.63) is 182 Å². The summed E-state index contributed by atoms with van der Waals surface area (Å²) in [5, 5.41) is 4.67. The second-order valence-corrected chi connectivity index (χ2v) is 13.6. The van der Waals surface area contributed by atoms with Gasteiger partial charge in [-0.1, -0.05) is 115 Å². The number of aromatic nitrogens is 1. The molecule has 7 aromatic carbocycles. The van der Waals surface area contributed by atoms with Crippen molar-refractivity contribution in [3.8, 4) is 39.1 Å². The molecule has 2 aromatic heterocycles. The van der Waals surface area contributed by atoms with Crippen LogP contribution in [-0.2, 0) is 0 Å². The van der Waals surface area contributed by atoms with Gasteiger partial charge in [-0.05, 0) is 94.1 Å². The van der Waals surface area contributed by atoms with Crippen molar-refractivity contribution in [2.24, 2.45) is 0 Å². The summed E-state index contributed by atoms with van der Waals surface area (Å²) in [6, 6.07) is 56.4. The van der Waals surface area contributed by atoms with Crippen molar-refractivity contribution in [3.63, 3.8) is 0 Å². The Kier molecular flexibility index (Phi) is 6.08. The number of hydrogen-bond acceptors (Lipinski definition) is 2. The molecule has 0 radical (unpaired) electrons. The smallest absolute Gasteiger partial charge is 0.177 e. The second-order valence-electron chi connectivity index (χ2n) is 13.6. The quantitative estimate of drug-likeness (QED) is 0.189. The monoisotopic (exact) mass is 653 g/mol. The first-order chi connectivity index (χ1) is 25.3. The van der Waals surface area contributed by atoms with E-state index in [9.17, 15) is 0 Å². The minimum atomic E-state index is -0.0927. The number of ether oxygens (including phenoxy) is 1. The van der Waals surface area contributed by atoms with Gasteiger partial charge in [0.1, 0.15) is 11.7 Å². The fourth-order valence-corrected chi connectivity index (χ4v) is 8.26. The molecule has 240 valence electrons. The Morgan fingerprint density at radius 3 is 1.61 bits per heavy atom. The van der Waals surface area contributed by atoms with Crippen LogP contribution in [0, 0.1) is 0 Å². The first-order valence-electron chi connectivity index (χ1n) is 17.6. The van der Waals surface area contributed by atoms with Crippen molar-refractivity contribution >= 4 is 49.4 Å². The fraction of sp³-hybridized carbons (Fsp3) is 0.0417. The zero-order chi connectivity index (χ0) is 33.5. The number of rotatable bonds is 4. The van der Waals surface area contributed by atoms with E-state index in [1.54, 1.807) is 0 Å². The molecule has 0 amide bonds. The summed E-state index contributed by atoms with van der Waals surface area (Å²) in [4.78, 5) is 0. The highest BCUT2D eigenvalue weighted by molar-refractivity contribution is 6.13. The highest BCUT2D eigenvalue weighted by Crippen LogP contribution is 2.49. The van der Waals surface area contributed by atoms with E-state index in [2.05, 4.69) is 181 Å². The van der Waals surface area contributed by atoms with Gasteiger partial charge in [0.25, 0.3) is 0 Å². The normalized spacial score (nSPS) is 16.4. The van der Waals surface area contributed by atoms with E-state index in [-0.39, 0.29) is 12.0 Å². The van der Waals surface area contributed by atoms with Gasteiger partial charge in [-0.15, -0.1) is 0 Å². The lowest BCUT2D eigenvalue weighted by Gasteiger charge is -2.20. The molecule has 1 aliphatic heterocycles. The van der Waals surface area contributed by atoms with E-state index in [4.69, 9.17) is 9.15 Å². The third-order valence-electron chi connectivity index (χ3n) is 10.7. The molecule has 3 heteroatoms. The molecule has 51 heavy (non-hydrogen) atoms. The lowest BCUT2D eigenvalue weighted by molar-refractivity contribution is 0.269. The maximum atomic E-state index is 6.70. The number of fused-ring (bicyclic) bond motifs is 10. The predicted octanol–water partition coefficient (Wildman–Crippen LogP) is 12.7. The molecule has 2 atom stereocenters. The maximum Gasteiger partial charge on any atom is 0.177 e. The molecule has 11 rings (SSSR count). The van der Waals surface area contributed by atoms with Gasteiger partial charge in [0.05, 0.1) is 11.0 Å². The molecule has 9 aromatic rings. The summed E-state index contributed by atoms with van der Waals surface area (Å²) < 4.78 is 15.7. The number of furan rings is 1. The van der Waals surface area contributed by atoms with Crippen molar-refractivity contribution in [2.75, 3.05) is 0 Å². The van der Waals surface area contributed by atoms with Crippen LogP contribution in [0.15, 0.2) is 180 Å². The van der Waals surface area contributed by atoms with Crippen LogP contribution in [0.3, 0.4) is 0 Å². The Hall–Kier alpha value is -6.58. The minimum absolute atomic E-state index is 0.0668. The Morgan fingerprint density at radius 1 is 0.471 bits per heavy atom. The Labute approximate surface area is 295 Å². The van der Waals surface area contributed by atoms with Gasteiger partial charge in [-0.25, -0.2) is 0 Å². The fourth-order valence-electron chi connectivity index (χ4n) is 8.26. The van der Waals surface area contributed by atoms with E-state index in [1.807, 2.05) is 0 Å². The van der Waals surface area contributed by atoms with Crippen LogP contribution in [0.1, 0.15) is 11.5 Å². The van der Waals surface area contributed by atoms with Crippen LogP contribution in [-0.4, -0.2) is 10.7 Å². The van der Waals surface area contributed by atoms with Gasteiger partial charge >= 0.3 is 0 Å². The molecule has 2 aliphatic rings. The lowest BCUT2D eigenvalue weighted by Crippen LogP contribution is -2.18.